The number of hydrogen-bond donors (Lipinski definition) is 3. The van der Waals surface area contributed by atoms with Gasteiger partial charge in [0.1, 0.15) is 23.7 Å². The zero-order valence-corrected chi connectivity index (χ0v) is 16.3. The summed E-state index contributed by atoms with van der Waals surface area (Å²) < 4.78 is 18.7. The Kier molecular flexibility index (Phi) is 7.70. The molecule has 8 heteroatoms. The highest BCUT2D eigenvalue weighted by Gasteiger charge is 2.26. The molecule has 2 rings (SSSR count). The van der Waals surface area contributed by atoms with E-state index < -0.39 is 35.6 Å². The number of carbonyl (C=O) groups is 3. The zero-order chi connectivity index (χ0) is 21.4. The molecule has 0 spiro atoms. The topological polar surface area (TPSA) is 111 Å². The molecule has 0 aromatic heterocycles. The Morgan fingerprint density at radius 1 is 1.03 bits per heavy atom. The summed E-state index contributed by atoms with van der Waals surface area (Å²) in [4.78, 5) is 36.2. The molecule has 0 heterocycles. The summed E-state index contributed by atoms with van der Waals surface area (Å²) in [5, 5.41) is 5.11. The van der Waals surface area contributed by atoms with E-state index in [-0.39, 0.29) is 12.8 Å². The molecule has 3 amide bonds. The van der Waals surface area contributed by atoms with Gasteiger partial charge in [0.2, 0.25) is 17.7 Å². The second-order valence-corrected chi connectivity index (χ2v) is 6.57. The minimum Gasteiger partial charge on any atom is -0.496 e. The van der Waals surface area contributed by atoms with Gasteiger partial charge in [0.25, 0.3) is 0 Å². The lowest BCUT2D eigenvalue weighted by Gasteiger charge is -2.22. The molecule has 0 saturated heterocycles. The van der Waals surface area contributed by atoms with Crippen molar-refractivity contribution in [2.45, 2.75) is 31.8 Å². The SMILES string of the molecule is COc1ccccc1C[C@H](NC(=O)[C@@H](Cc1cccc(F)c1)NC(C)=O)C(N)=O. The molecule has 0 radical (unpaired) electrons. The predicted molar refractivity (Wildman–Crippen MR) is 106 cm³/mol. The number of benzene rings is 2. The quantitative estimate of drug-likeness (QED) is 0.584. The monoisotopic (exact) mass is 401 g/mol. The van der Waals surface area contributed by atoms with Gasteiger partial charge in [-0.2, -0.15) is 0 Å². The summed E-state index contributed by atoms with van der Waals surface area (Å²) >= 11 is 0. The molecule has 0 saturated carbocycles. The second-order valence-electron chi connectivity index (χ2n) is 6.57. The molecule has 0 bridgehead atoms. The van der Waals surface area contributed by atoms with Crippen LogP contribution in [-0.2, 0) is 27.2 Å². The van der Waals surface area contributed by atoms with Crippen LogP contribution in [0.25, 0.3) is 0 Å². The van der Waals surface area contributed by atoms with Crippen molar-refractivity contribution in [1.29, 1.82) is 0 Å². The van der Waals surface area contributed by atoms with E-state index in [4.69, 9.17) is 10.5 Å². The van der Waals surface area contributed by atoms with Crippen molar-refractivity contribution in [3.05, 3.63) is 65.5 Å². The van der Waals surface area contributed by atoms with Crippen molar-refractivity contribution in [1.82, 2.24) is 10.6 Å². The summed E-state index contributed by atoms with van der Waals surface area (Å²) in [7, 11) is 1.50. The molecular weight excluding hydrogens is 377 g/mol. The first-order valence-corrected chi connectivity index (χ1v) is 9.03. The van der Waals surface area contributed by atoms with Gasteiger partial charge in [0, 0.05) is 19.8 Å². The van der Waals surface area contributed by atoms with E-state index in [9.17, 15) is 18.8 Å². The molecule has 0 aliphatic heterocycles. The number of nitrogens with two attached hydrogens (primary N) is 1. The van der Waals surface area contributed by atoms with E-state index in [1.54, 1.807) is 30.3 Å². The van der Waals surface area contributed by atoms with Crippen LogP contribution in [0.4, 0.5) is 4.39 Å². The van der Waals surface area contributed by atoms with E-state index in [0.717, 1.165) is 0 Å². The molecule has 7 nitrogen and oxygen atoms in total. The van der Waals surface area contributed by atoms with Crippen LogP contribution in [0.1, 0.15) is 18.1 Å². The number of rotatable bonds is 9. The average molecular weight is 401 g/mol. The van der Waals surface area contributed by atoms with E-state index in [1.165, 1.54) is 32.2 Å². The number of carbonyl (C=O) groups excluding carboxylic acids is 3. The normalized spacial score (nSPS) is 12.5. The van der Waals surface area contributed by atoms with E-state index in [0.29, 0.717) is 16.9 Å². The molecule has 2 aromatic carbocycles. The van der Waals surface area contributed by atoms with Crippen LogP contribution < -0.4 is 21.1 Å². The second kappa shape index (κ2) is 10.2. The lowest BCUT2D eigenvalue weighted by Crippen LogP contribution is -2.54. The molecule has 0 aliphatic carbocycles. The van der Waals surface area contributed by atoms with Gasteiger partial charge in [-0.05, 0) is 29.3 Å². The maximum Gasteiger partial charge on any atom is 0.243 e. The number of amides is 3. The molecule has 0 fully saturated rings. The van der Waals surface area contributed by atoms with Crippen LogP contribution in [-0.4, -0.2) is 36.9 Å². The maximum atomic E-state index is 13.4. The first-order chi connectivity index (χ1) is 13.8. The molecule has 4 N–H and O–H groups in total. The summed E-state index contributed by atoms with van der Waals surface area (Å²) in [5.74, 6) is -1.64. The lowest BCUT2D eigenvalue weighted by molar-refractivity contribution is -0.130. The fourth-order valence-corrected chi connectivity index (χ4v) is 2.94. The van der Waals surface area contributed by atoms with Gasteiger partial charge in [-0.1, -0.05) is 30.3 Å². The Balaban J connectivity index is 2.17. The highest BCUT2D eigenvalue weighted by atomic mass is 19.1. The Labute approximate surface area is 168 Å². The minimum absolute atomic E-state index is 0.0588. The highest BCUT2D eigenvalue weighted by molar-refractivity contribution is 5.91. The van der Waals surface area contributed by atoms with Gasteiger partial charge in [-0.15, -0.1) is 0 Å². The first-order valence-electron chi connectivity index (χ1n) is 9.03. The molecule has 0 unspecified atom stereocenters. The van der Waals surface area contributed by atoms with Gasteiger partial charge in [-0.25, -0.2) is 4.39 Å². The molecule has 2 aromatic rings. The number of para-hydroxylation sites is 1. The van der Waals surface area contributed by atoms with Crippen LogP contribution in [0.2, 0.25) is 0 Å². The predicted octanol–water partition coefficient (Wildman–Crippen LogP) is 1.09. The van der Waals surface area contributed by atoms with Crippen LogP contribution in [0.15, 0.2) is 48.5 Å². The Morgan fingerprint density at radius 3 is 2.38 bits per heavy atom. The summed E-state index contributed by atoms with van der Waals surface area (Å²) in [6.45, 7) is 1.27. The largest absolute Gasteiger partial charge is 0.496 e. The van der Waals surface area contributed by atoms with Crippen molar-refractivity contribution < 1.29 is 23.5 Å². The maximum absolute atomic E-state index is 13.4. The summed E-state index contributed by atoms with van der Waals surface area (Å²) in [5.41, 5.74) is 6.69. The lowest BCUT2D eigenvalue weighted by atomic mass is 10.0. The van der Waals surface area contributed by atoms with Crippen LogP contribution >= 0.6 is 0 Å². The van der Waals surface area contributed by atoms with Crippen molar-refractivity contribution in [3.8, 4) is 5.75 Å². The van der Waals surface area contributed by atoms with Gasteiger partial charge in [-0.3, -0.25) is 14.4 Å². The minimum atomic E-state index is -1.01. The third kappa shape index (κ3) is 6.60. The van der Waals surface area contributed by atoms with Gasteiger partial charge < -0.3 is 21.1 Å². The number of ether oxygens (including phenoxy) is 1. The standard InChI is InChI=1S/C21H24FN3O4/c1-13(26)24-18(11-14-6-5-8-16(22)10-14)21(28)25-17(20(23)27)12-15-7-3-4-9-19(15)29-2/h3-10,17-18H,11-12H2,1-2H3,(H2,23,27)(H,24,26)(H,25,28)/t17-,18+/m0/s1. The summed E-state index contributed by atoms with van der Waals surface area (Å²) in [6, 6.07) is 10.8. The Morgan fingerprint density at radius 2 is 1.76 bits per heavy atom. The third-order valence-electron chi connectivity index (χ3n) is 4.30. The van der Waals surface area contributed by atoms with E-state index in [2.05, 4.69) is 10.6 Å². The van der Waals surface area contributed by atoms with Crippen molar-refractivity contribution >= 4 is 17.7 Å². The molecular formula is C21H24FN3O4. The number of primary amides is 1. The smallest absolute Gasteiger partial charge is 0.243 e. The fourth-order valence-electron chi connectivity index (χ4n) is 2.94. The molecule has 2 atom stereocenters. The fraction of sp³-hybridized carbons (Fsp3) is 0.286. The molecule has 29 heavy (non-hydrogen) atoms. The van der Waals surface area contributed by atoms with Gasteiger partial charge in [0.15, 0.2) is 0 Å². The van der Waals surface area contributed by atoms with E-state index in [1.807, 2.05) is 0 Å². The molecule has 0 aliphatic rings. The van der Waals surface area contributed by atoms with Crippen LogP contribution in [0, 0.1) is 5.82 Å². The van der Waals surface area contributed by atoms with Gasteiger partial charge >= 0.3 is 0 Å². The van der Waals surface area contributed by atoms with Crippen molar-refractivity contribution in [2.24, 2.45) is 5.73 Å². The number of nitrogens with one attached hydrogen (secondary N) is 2. The van der Waals surface area contributed by atoms with Gasteiger partial charge in [0.05, 0.1) is 7.11 Å². The molecule has 154 valence electrons. The Hall–Kier alpha value is -3.42. The Bertz CT molecular complexity index is 888. The summed E-state index contributed by atoms with van der Waals surface area (Å²) in [6.07, 6.45) is 0.182. The highest BCUT2D eigenvalue weighted by Crippen LogP contribution is 2.19. The van der Waals surface area contributed by atoms with Crippen molar-refractivity contribution in [3.63, 3.8) is 0 Å². The van der Waals surface area contributed by atoms with E-state index >= 15 is 0 Å². The number of halogens is 1. The van der Waals surface area contributed by atoms with Crippen LogP contribution in [0.3, 0.4) is 0 Å². The number of hydrogen-bond acceptors (Lipinski definition) is 4. The average Bonchev–Trinajstić information content (AvgIpc) is 2.66. The zero-order valence-electron chi connectivity index (χ0n) is 16.3. The van der Waals surface area contributed by atoms with Crippen LogP contribution in [0.5, 0.6) is 5.75 Å². The van der Waals surface area contributed by atoms with Crippen molar-refractivity contribution in [2.75, 3.05) is 7.11 Å². The first kappa shape index (κ1) is 21.9. The third-order valence-corrected chi connectivity index (χ3v) is 4.30. The number of methoxy groups -OCH3 is 1.